The van der Waals surface area contributed by atoms with E-state index in [1.807, 2.05) is 30.3 Å². The summed E-state index contributed by atoms with van der Waals surface area (Å²) in [7, 11) is 2.78. The molecule has 0 aliphatic heterocycles. The van der Waals surface area contributed by atoms with Gasteiger partial charge in [0, 0.05) is 29.8 Å². The summed E-state index contributed by atoms with van der Waals surface area (Å²) in [6.45, 7) is 0. The predicted octanol–water partition coefficient (Wildman–Crippen LogP) is 2.88. The molecule has 1 aromatic heterocycles. The molecule has 0 spiro atoms. The van der Waals surface area contributed by atoms with Gasteiger partial charge in [-0.1, -0.05) is 30.3 Å². The minimum Gasteiger partial charge on any atom is -0.497 e. The van der Waals surface area contributed by atoms with E-state index in [1.165, 1.54) is 17.7 Å². The number of nitrogens with zero attached hydrogens (tertiary/aromatic N) is 1. The highest BCUT2D eigenvalue weighted by Crippen LogP contribution is 2.24. The Balaban J connectivity index is 1.76. The highest BCUT2D eigenvalue weighted by atomic mass is 16.5. The van der Waals surface area contributed by atoms with Gasteiger partial charge in [0.2, 0.25) is 0 Å². The van der Waals surface area contributed by atoms with Gasteiger partial charge in [0.05, 0.1) is 14.2 Å². The molecule has 8 nitrogen and oxygen atoms in total. The van der Waals surface area contributed by atoms with E-state index in [4.69, 9.17) is 9.47 Å². The molecule has 1 aliphatic rings. The number of hydrogen-bond donors (Lipinski definition) is 1. The molecule has 4 rings (SSSR count). The van der Waals surface area contributed by atoms with E-state index in [0.29, 0.717) is 42.0 Å². The van der Waals surface area contributed by atoms with Gasteiger partial charge in [-0.25, -0.2) is 4.79 Å². The normalized spacial score (nSPS) is 13.5. The smallest absolute Gasteiger partial charge is 0.328 e. The van der Waals surface area contributed by atoms with Crippen LogP contribution in [0.4, 0.5) is 0 Å². The minimum atomic E-state index is -1.00. The van der Waals surface area contributed by atoms with Gasteiger partial charge < -0.3 is 14.8 Å². The van der Waals surface area contributed by atoms with Crippen molar-refractivity contribution in [3.8, 4) is 11.4 Å². The molecular formula is C27H26N2O6. The van der Waals surface area contributed by atoms with Gasteiger partial charge in [-0.3, -0.25) is 19.0 Å². The Labute approximate surface area is 202 Å². The number of hydrogen-bond acceptors (Lipinski definition) is 6. The van der Waals surface area contributed by atoms with Crippen molar-refractivity contribution in [2.75, 3.05) is 14.2 Å². The Morgan fingerprint density at radius 1 is 1.00 bits per heavy atom. The average molecular weight is 475 g/mol. The van der Waals surface area contributed by atoms with Crippen LogP contribution in [-0.2, 0) is 22.4 Å². The molecule has 3 aromatic rings. The molecule has 1 amide bonds. The number of methoxy groups -OCH3 is 2. The van der Waals surface area contributed by atoms with Gasteiger partial charge in [0.25, 0.3) is 11.5 Å². The first-order chi connectivity index (χ1) is 16.9. The number of aromatic nitrogens is 1. The zero-order chi connectivity index (χ0) is 24.9. The number of carbonyl (C=O) groups is 3. The van der Waals surface area contributed by atoms with Crippen LogP contribution >= 0.6 is 0 Å². The number of ether oxygens (including phenoxy) is 2. The summed E-state index contributed by atoms with van der Waals surface area (Å²) in [4.78, 5) is 52.0. The van der Waals surface area contributed by atoms with Crippen LogP contribution in [0.5, 0.6) is 5.75 Å². The molecule has 0 saturated carbocycles. The molecule has 0 fully saturated rings. The SMILES string of the molecule is COC(=O)C(Cc1ccccc1)NC(=O)c1cc2c(n(-c3ccc(OC)cc3)c1=O)CCCC2=O. The number of benzene rings is 2. The number of amides is 1. The monoisotopic (exact) mass is 474 g/mol. The van der Waals surface area contributed by atoms with E-state index < -0.39 is 23.5 Å². The maximum Gasteiger partial charge on any atom is 0.328 e. The van der Waals surface area contributed by atoms with Gasteiger partial charge in [-0.05, 0) is 48.7 Å². The average Bonchev–Trinajstić information content (AvgIpc) is 2.88. The molecule has 180 valence electrons. The van der Waals surface area contributed by atoms with Crippen molar-refractivity contribution in [2.24, 2.45) is 0 Å². The number of nitrogens with one attached hydrogen (secondary N) is 1. The van der Waals surface area contributed by atoms with Gasteiger partial charge >= 0.3 is 5.97 Å². The number of pyridine rings is 1. The molecule has 0 radical (unpaired) electrons. The number of rotatable bonds is 7. The van der Waals surface area contributed by atoms with E-state index in [1.54, 1.807) is 31.4 Å². The van der Waals surface area contributed by atoms with Crippen molar-refractivity contribution >= 4 is 17.7 Å². The highest BCUT2D eigenvalue weighted by Gasteiger charge is 2.29. The maximum atomic E-state index is 13.6. The van der Waals surface area contributed by atoms with E-state index in [9.17, 15) is 19.2 Å². The van der Waals surface area contributed by atoms with Crippen molar-refractivity contribution in [1.82, 2.24) is 9.88 Å². The lowest BCUT2D eigenvalue weighted by Crippen LogP contribution is -2.45. The number of ketones is 1. The zero-order valence-electron chi connectivity index (χ0n) is 19.6. The van der Waals surface area contributed by atoms with E-state index >= 15 is 0 Å². The third kappa shape index (κ3) is 5.01. The molecule has 1 heterocycles. The van der Waals surface area contributed by atoms with E-state index in [2.05, 4.69) is 5.32 Å². The van der Waals surface area contributed by atoms with Crippen molar-refractivity contribution < 1.29 is 23.9 Å². The fraction of sp³-hybridized carbons (Fsp3) is 0.259. The van der Waals surface area contributed by atoms with Crippen molar-refractivity contribution in [3.63, 3.8) is 0 Å². The van der Waals surface area contributed by atoms with Crippen LogP contribution in [0.1, 0.15) is 44.8 Å². The highest BCUT2D eigenvalue weighted by molar-refractivity contribution is 6.02. The van der Waals surface area contributed by atoms with Gasteiger partial charge in [0.15, 0.2) is 5.78 Å². The minimum absolute atomic E-state index is 0.128. The Morgan fingerprint density at radius 3 is 2.37 bits per heavy atom. The first-order valence-electron chi connectivity index (χ1n) is 11.3. The van der Waals surface area contributed by atoms with Gasteiger partial charge in [0.1, 0.15) is 17.4 Å². The van der Waals surface area contributed by atoms with Crippen LogP contribution in [0.15, 0.2) is 65.5 Å². The lowest BCUT2D eigenvalue weighted by molar-refractivity contribution is -0.142. The quantitative estimate of drug-likeness (QED) is 0.528. The summed E-state index contributed by atoms with van der Waals surface area (Å²) in [6.07, 6.45) is 1.68. The molecule has 1 atom stereocenters. The third-order valence-electron chi connectivity index (χ3n) is 6.07. The molecule has 1 unspecified atom stereocenters. The van der Waals surface area contributed by atoms with Crippen LogP contribution in [0.3, 0.4) is 0 Å². The summed E-state index contributed by atoms with van der Waals surface area (Å²) < 4.78 is 11.5. The van der Waals surface area contributed by atoms with Crippen molar-refractivity contribution in [2.45, 2.75) is 31.7 Å². The zero-order valence-corrected chi connectivity index (χ0v) is 19.6. The molecule has 2 aromatic carbocycles. The van der Waals surface area contributed by atoms with Crippen LogP contribution in [0.2, 0.25) is 0 Å². The second-order valence-electron chi connectivity index (χ2n) is 8.27. The van der Waals surface area contributed by atoms with Gasteiger partial charge in [-0.15, -0.1) is 0 Å². The van der Waals surface area contributed by atoms with Crippen LogP contribution in [0.25, 0.3) is 5.69 Å². The molecule has 0 bridgehead atoms. The number of carbonyl (C=O) groups excluding carboxylic acids is 3. The Kier molecular flexibility index (Phi) is 7.10. The molecule has 35 heavy (non-hydrogen) atoms. The number of esters is 1. The second-order valence-corrected chi connectivity index (χ2v) is 8.27. The molecular weight excluding hydrogens is 448 g/mol. The summed E-state index contributed by atoms with van der Waals surface area (Å²) in [5, 5.41) is 2.63. The van der Waals surface area contributed by atoms with E-state index in [-0.39, 0.29) is 17.8 Å². The summed E-state index contributed by atoms with van der Waals surface area (Å²) in [5.41, 5.74) is 1.47. The fourth-order valence-corrected chi connectivity index (χ4v) is 4.28. The molecule has 8 heteroatoms. The standard InChI is InChI=1S/C27H26N2O6/c1-34-19-13-11-18(12-14-19)29-23-9-6-10-24(30)20(23)16-21(26(29)32)25(31)28-22(27(33)35-2)15-17-7-4-3-5-8-17/h3-5,7-8,11-14,16,22H,6,9-10,15H2,1-2H3,(H,28,31). The van der Waals surface area contributed by atoms with Crippen molar-refractivity contribution in [3.05, 3.63) is 93.4 Å². The fourth-order valence-electron chi connectivity index (χ4n) is 4.28. The lowest BCUT2D eigenvalue weighted by atomic mass is 9.92. The molecule has 1 N–H and O–H groups in total. The first-order valence-corrected chi connectivity index (χ1v) is 11.3. The Hall–Kier alpha value is -4.20. The second kappa shape index (κ2) is 10.4. The molecule has 1 aliphatic carbocycles. The summed E-state index contributed by atoms with van der Waals surface area (Å²) >= 11 is 0. The largest absolute Gasteiger partial charge is 0.497 e. The van der Waals surface area contributed by atoms with Crippen LogP contribution in [0, 0.1) is 0 Å². The van der Waals surface area contributed by atoms with Crippen LogP contribution in [-0.4, -0.2) is 42.5 Å². The van der Waals surface area contributed by atoms with Crippen molar-refractivity contribution in [1.29, 1.82) is 0 Å². The predicted molar refractivity (Wildman–Crippen MR) is 129 cm³/mol. The number of Topliss-reactive ketones (excluding diaryl/α,β-unsaturated/α-hetero) is 1. The van der Waals surface area contributed by atoms with E-state index in [0.717, 1.165) is 5.56 Å². The molecule has 0 saturated heterocycles. The Bertz CT molecular complexity index is 1310. The topological polar surface area (TPSA) is 104 Å². The Morgan fingerprint density at radius 2 is 1.71 bits per heavy atom. The third-order valence-corrected chi connectivity index (χ3v) is 6.07. The van der Waals surface area contributed by atoms with Crippen LogP contribution < -0.4 is 15.6 Å². The lowest BCUT2D eigenvalue weighted by Gasteiger charge is -2.22. The van der Waals surface area contributed by atoms with Gasteiger partial charge in [-0.2, -0.15) is 0 Å². The number of fused-ring (bicyclic) bond motifs is 1. The maximum absolute atomic E-state index is 13.6. The summed E-state index contributed by atoms with van der Waals surface area (Å²) in [5.74, 6) is -0.893. The summed E-state index contributed by atoms with van der Waals surface area (Å²) in [6, 6.07) is 16.3. The first kappa shape index (κ1) is 23.9.